The first-order valence-corrected chi connectivity index (χ1v) is 6.91. The predicted octanol–water partition coefficient (Wildman–Crippen LogP) is 0.361. The fourth-order valence-electron chi connectivity index (χ4n) is 1.34. The highest BCUT2D eigenvalue weighted by Gasteiger charge is 2.09. The van der Waals surface area contributed by atoms with Crippen LogP contribution in [0.15, 0.2) is 28.7 Å². The lowest BCUT2D eigenvalue weighted by atomic mass is 10.3. The number of ether oxygens (including phenoxy) is 1. The molecule has 0 unspecified atom stereocenters. The number of carbonyl (C=O) groups is 2. The maximum absolute atomic E-state index is 11.7. The van der Waals surface area contributed by atoms with Gasteiger partial charge in [-0.2, -0.15) is 0 Å². The van der Waals surface area contributed by atoms with Crippen molar-refractivity contribution in [2.24, 2.45) is 5.73 Å². The van der Waals surface area contributed by atoms with Gasteiger partial charge in [0.05, 0.1) is 19.6 Å². The first-order valence-electron chi connectivity index (χ1n) is 6.12. The number of nitrogens with two attached hydrogens (primary N) is 1. The molecule has 0 atom stereocenters. The number of hydrogen-bond acceptors (Lipinski definition) is 4. The Morgan fingerprint density at radius 2 is 2.00 bits per heavy atom. The number of nitrogens with zero attached hydrogens (tertiary/aromatic N) is 1. The third-order valence-corrected chi connectivity index (χ3v) is 3.09. The number of amides is 2. The zero-order chi connectivity index (χ0) is 15.0. The fourth-order valence-corrected chi connectivity index (χ4v) is 1.60. The summed E-state index contributed by atoms with van der Waals surface area (Å²) in [4.78, 5) is 24.1. The number of nitrogens with one attached hydrogen (secondary N) is 1. The molecular formula is C13H18BrN3O3. The fraction of sp³-hybridized carbons (Fsp3) is 0.385. The summed E-state index contributed by atoms with van der Waals surface area (Å²) in [6.07, 6.45) is 0. The number of benzene rings is 1. The summed E-state index contributed by atoms with van der Waals surface area (Å²) in [6, 6.07) is 7.44. The summed E-state index contributed by atoms with van der Waals surface area (Å²) in [5.41, 5.74) is 5.13. The molecule has 0 radical (unpaired) electrons. The van der Waals surface area contributed by atoms with Crippen molar-refractivity contribution in [3.05, 3.63) is 28.7 Å². The van der Waals surface area contributed by atoms with Gasteiger partial charge in [0.1, 0.15) is 12.4 Å². The minimum absolute atomic E-state index is 0.0508. The smallest absolute Gasteiger partial charge is 0.241 e. The maximum atomic E-state index is 11.7. The van der Waals surface area contributed by atoms with Gasteiger partial charge in [0.2, 0.25) is 11.8 Å². The average molecular weight is 344 g/mol. The second-order valence-electron chi connectivity index (χ2n) is 4.10. The summed E-state index contributed by atoms with van der Waals surface area (Å²) in [6.45, 7) is 0.649. The normalized spacial score (nSPS) is 9.95. The molecule has 6 nitrogen and oxygen atoms in total. The molecule has 7 heteroatoms. The molecule has 0 aliphatic carbocycles. The molecule has 0 aliphatic heterocycles. The van der Waals surface area contributed by atoms with Crippen LogP contribution in [0.25, 0.3) is 0 Å². The van der Waals surface area contributed by atoms with Crippen molar-refractivity contribution in [1.82, 2.24) is 10.2 Å². The van der Waals surface area contributed by atoms with E-state index in [-0.39, 0.29) is 24.9 Å². The summed E-state index contributed by atoms with van der Waals surface area (Å²) < 4.78 is 6.49. The van der Waals surface area contributed by atoms with Gasteiger partial charge < -0.3 is 20.7 Å². The predicted molar refractivity (Wildman–Crippen MR) is 79.3 cm³/mol. The molecule has 1 rings (SSSR count). The number of rotatable bonds is 7. The molecule has 0 saturated heterocycles. The SMILES string of the molecule is CN(CCOc1ccc(Br)cc1)C(=O)CNC(=O)CN. The molecule has 110 valence electrons. The highest BCUT2D eigenvalue weighted by molar-refractivity contribution is 9.10. The molecule has 0 bridgehead atoms. The highest BCUT2D eigenvalue weighted by Crippen LogP contribution is 2.15. The minimum atomic E-state index is -0.349. The van der Waals surface area contributed by atoms with E-state index >= 15 is 0 Å². The Kier molecular flexibility index (Phi) is 7.03. The summed E-state index contributed by atoms with van der Waals surface area (Å²) >= 11 is 3.34. The Hall–Kier alpha value is -1.60. The van der Waals surface area contributed by atoms with Crippen LogP contribution < -0.4 is 15.8 Å². The van der Waals surface area contributed by atoms with Crippen LogP contribution in [0.5, 0.6) is 5.75 Å². The molecule has 0 aromatic heterocycles. The van der Waals surface area contributed by atoms with E-state index in [4.69, 9.17) is 10.5 Å². The van der Waals surface area contributed by atoms with Gasteiger partial charge in [0.15, 0.2) is 0 Å². The highest BCUT2D eigenvalue weighted by atomic mass is 79.9. The van der Waals surface area contributed by atoms with E-state index in [0.717, 1.165) is 10.2 Å². The van der Waals surface area contributed by atoms with Crippen LogP contribution in [0, 0.1) is 0 Å². The first kappa shape index (κ1) is 16.5. The standard InChI is InChI=1S/C13H18BrN3O3/c1-17(13(19)9-16-12(18)8-15)6-7-20-11-4-2-10(14)3-5-11/h2-5H,6-9,15H2,1H3,(H,16,18). The zero-order valence-electron chi connectivity index (χ0n) is 11.3. The monoisotopic (exact) mass is 343 g/mol. The third kappa shape index (κ3) is 6.03. The maximum Gasteiger partial charge on any atom is 0.241 e. The van der Waals surface area contributed by atoms with Crippen LogP contribution in [-0.4, -0.2) is 50.0 Å². The number of carbonyl (C=O) groups excluding carboxylic acids is 2. The Bertz CT molecular complexity index is 451. The lowest BCUT2D eigenvalue weighted by Crippen LogP contribution is -2.41. The molecule has 3 N–H and O–H groups in total. The van der Waals surface area contributed by atoms with Crippen molar-refractivity contribution in [2.75, 3.05) is 33.3 Å². The second kappa shape index (κ2) is 8.55. The van der Waals surface area contributed by atoms with E-state index in [1.54, 1.807) is 7.05 Å². The van der Waals surface area contributed by atoms with Gasteiger partial charge in [0.25, 0.3) is 0 Å². The Balaban J connectivity index is 2.25. The van der Waals surface area contributed by atoms with Gasteiger partial charge >= 0.3 is 0 Å². The van der Waals surface area contributed by atoms with Crippen molar-refractivity contribution >= 4 is 27.7 Å². The van der Waals surface area contributed by atoms with Crippen molar-refractivity contribution in [3.63, 3.8) is 0 Å². The Morgan fingerprint density at radius 1 is 1.35 bits per heavy atom. The largest absolute Gasteiger partial charge is 0.492 e. The zero-order valence-corrected chi connectivity index (χ0v) is 12.9. The number of halogens is 1. The summed E-state index contributed by atoms with van der Waals surface area (Å²) in [5.74, 6) is 0.203. The third-order valence-electron chi connectivity index (χ3n) is 2.56. The number of likely N-dealkylation sites (N-methyl/N-ethyl adjacent to an activating group) is 1. The van der Waals surface area contributed by atoms with Crippen molar-refractivity contribution in [1.29, 1.82) is 0 Å². The Morgan fingerprint density at radius 3 is 2.60 bits per heavy atom. The van der Waals surface area contributed by atoms with Gasteiger partial charge in [-0.15, -0.1) is 0 Å². The van der Waals surface area contributed by atoms with Crippen LogP contribution in [0.4, 0.5) is 0 Å². The summed E-state index contributed by atoms with van der Waals surface area (Å²) in [5, 5.41) is 2.43. The van der Waals surface area contributed by atoms with E-state index in [1.165, 1.54) is 4.90 Å². The topological polar surface area (TPSA) is 84.7 Å². The van der Waals surface area contributed by atoms with Crippen LogP contribution in [0.2, 0.25) is 0 Å². The van der Waals surface area contributed by atoms with Crippen molar-refractivity contribution < 1.29 is 14.3 Å². The molecule has 2 amide bonds. The minimum Gasteiger partial charge on any atom is -0.492 e. The van der Waals surface area contributed by atoms with Crippen LogP contribution in [0.1, 0.15) is 0 Å². The first-order chi connectivity index (χ1) is 9.52. The molecule has 0 fully saturated rings. The van der Waals surface area contributed by atoms with E-state index in [0.29, 0.717) is 13.2 Å². The van der Waals surface area contributed by atoms with Crippen molar-refractivity contribution in [2.45, 2.75) is 0 Å². The second-order valence-corrected chi connectivity index (χ2v) is 5.01. The van der Waals surface area contributed by atoms with Gasteiger partial charge in [-0.25, -0.2) is 0 Å². The quantitative estimate of drug-likeness (QED) is 0.748. The van der Waals surface area contributed by atoms with E-state index in [1.807, 2.05) is 24.3 Å². The Labute approximate surface area is 126 Å². The van der Waals surface area contributed by atoms with Crippen molar-refractivity contribution in [3.8, 4) is 5.75 Å². The molecule has 0 heterocycles. The van der Waals surface area contributed by atoms with Gasteiger partial charge in [0, 0.05) is 11.5 Å². The van der Waals surface area contributed by atoms with Crippen LogP contribution in [0.3, 0.4) is 0 Å². The molecular weight excluding hydrogens is 326 g/mol. The van der Waals surface area contributed by atoms with E-state index in [9.17, 15) is 9.59 Å². The van der Waals surface area contributed by atoms with Gasteiger partial charge in [-0.3, -0.25) is 9.59 Å². The average Bonchev–Trinajstić information content (AvgIpc) is 2.46. The lowest BCUT2D eigenvalue weighted by Gasteiger charge is -2.17. The molecule has 1 aromatic rings. The molecule has 1 aromatic carbocycles. The van der Waals surface area contributed by atoms with Crippen LogP contribution >= 0.6 is 15.9 Å². The van der Waals surface area contributed by atoms with E-state index < -0.39 is 0 Å². The summed E-state index contributed by atoms with van der Waals surface area (Å²) in [7, 11) is 1.65. The van der Waals surface area contributed by atoms with Gasteiger partial charge in [-0.05, 0) is 24.3 Å². The lowest BCUT2D eigenvalue weighted by molar-refractivity contribution is -0.131. The molecule has 0 saturated carbocycles. The number of hydrogen-bond donors (Lipinski definition) is 2. The van der Waals surface area contributed by atoms with Gasteiger partial charge in [-0.1, -0.05) is 15.9 Å². The van der Waals surface area contributed by atoms with E-state index in [2.05, 4.69) is 21.2 Å². The van der Waals surface area contributed by atoms with Crippen LogP contribution in [-0.2, 0) is 9.59 Å². The molecule has 0 aliphatic rings. The molecule has 0 spiro atoms. The molecule has 20 heavy (non-hydrogen) atoms.